The van der Waals surface area contributed by atoms with E-state index in [0.717, 1.165) is 24.6 Å². The topological polar surface area (TPSA) is 33.7 Å². The van der Waals surface area contributed by atoms with Crippen molar-refractivity contribution in [2.75, 3.05) is 41.4 Å². The quantitative estimate of drug-likeness (QED) is 0.838. The van der Waals surface area contributed by atoms with Gasteiger partial charge in [-0.1, -0.05) is 26.8 Å². The first kappa shape index (κ1) is 17.8. The van der Waals surface area contributed by atoms with E-state index in [4.69, 9.17) is 9.47 Å². The molecule has 4 nitrogen and oxygen atoms in total. The fourth-order valence-corrected chi connectivity index (χ4v) is 2.62. The Morgan fingerprint density at radius 3 is 2.24 bits per heavy atom. The molecule has 0 saturated heterocycles. The minimum absolute atomic E-state index is 0.261. The third-order valence-electron chi connectivity index (χ3n) is 3.40. The number of nitrogens with one attached hydrogen (secondary N) is 1. The maximum Gasteiger partial charge on any atom is 0.161 e. The van der Waals surface area contributed by atoms with Crippen LogP contribution >= 0.6 is 0 Å². The van der Waals surface area contributed by atoms with E-state index in [1.165, 1.54) is 5.56 Å². The molecule has 0 aliphatic heterocycles. The molecule has 1 N–H and O–H groups in total. The van der Waals surface area contributed by atoms with E-state index in [1.54, 1.807) is 14.2 Å². The van der Waals surface area contributed by atoms with Gasteiger partial charge < -0.3 is 19.7 Å². The zero-order valence-corrected chi connectivity index (χ0v) is 14.5. The Labute approximate surface area is 129 Å². The van der Waals surface area contributed by atoms with Crippen LogP contribution < -0.4 is 14.8 Å². The lowest BCUT2D eigenvalue weighted by atomic mass is 9.95. The Morgan fingerprint density at radius 1 is 1.14 bits per heavy atom. The van der Waals surface area contributed by atoms with Gasteiger partial charge in [-0.05, 0) is 37.2 Å². The number of ether oxygens (including phenoxy) is 2. The number of benzene rings is 1. The highest BCUT2D eigenvalue weighted by atomic mass is 16.5. The average Bonchev–Trinajstić information content (AvgIpc) is 2.42. The summed E-state index contributed by atoms with van der Waals surface area (Å²) in [5.41, 5.74) is 1.50. The summed E-state index contributed by atoms with van der Waals surface area (Å²) in [6.45, 7) is 8.78. The molecule has 1 atom stereocenters. The first-order valence-electron chi connectivity index (χ1n) is 7.38. The minimum Gasteiger partial charge on any atom is -0.493 e. The van der Waals surface area contributed by atoms with Crippen LogP contribution in [0.4, 0.5) is 0 Å². The monoisotopic (exact) mass is 294 g/mol. The molecule has 0 aliphatic rings. The van der Waals surface area contributed by atoms with Gasteiger partial charge in [-0.15, -0.1) is 0 Å². The second-order valence-corrected chi connectivity index (χ2v) is 6.71. The second kappa shape index (κ2) is 7.66. The number of methoxy groups -OCH3 is 2. The molecule has 0 aromatic heterocycles. The van der Waals surface area contributed by atoms with Crippen molar-refractivity contribution >= 4 is 0 Å². The number of hydrogen-bond donors (Lipinski definition) is 1. The van der Waals surface area contributed by atoms with Crippen molar-refractivity contribution in [3.05, 3.63) is 23.8 Å². The Balaban J connectivity index is 2.85. The molecule has 120 valence electrons. The molecule has 0 aliphatic carbocycles. The van der Waals surface area contributed by atoms with Crippen LogP contribution in [0.5, 0.6) is 11.5 Å². The molecule has 0 radical (unpaired) electrons. The van der Waals surface area contributed by atoms with E-state index in [-0.39, 0.29) is 6.04 Å². The fraction of sp³-hybridized carbons (Fsp3) is 0.647. The van der Waals surface area contributed by atoms with E-state index < -0.39 is 0 Å². The molecule has 0 heterocycles. The van der Waals surface area contributed by atoms with Crippen molar-refractivity contribution in [3.63, 3.8) is 0 Å². The summed E-state index contributed by atoms with van der Waals surface area (Å²) in [6, 6.07) is 6.36. The first-order valence-corrected chi connectivity index (χ1v) is 7.38. The van der Waals surface area contributed by atoms with E-state index in [2.05, 4.69) is 44.1 Å². The summed E-state index contributed by atoms with van der Waals surface area (Å²) < 4.78 is 10.7. The minimum atomic E-state index is 0.261. The van der Waals surface area contributed by atoms with Crippen LogP contribution in [0.15, 0.2) is 18.2 Å². The number of rotatable bonds is 7. The zero-order chi connectivity index (χ0) is 16.0. The zero-order valence-electron chi connectivity index (χ0n) is 14.5. The molecule has 1 aromatic carbocycles. The largest absolute Gasteiger partial charge is 0.493 e. The first-order chi connectivity index (χ1) is 9.80. The molecular formula is C17H30N2O2. The molecule has 1 unspecified atom stereocenters. The maximum absolute atomic E-state index is 5.39. The van der Waals surface area contributed by atoms with Gasteiger partial charge in [-0.3, -0.25) is 0 Å². The van der Waals surface area contributed by atoms with Gasteiger partial charge in [0.25, 0.3) is 0 Å². The molecule has 0 spiro atoms. The van der Waals surface area contributed by atoms with Crippen LogP contribution in [0, 0.1) is 5.41 Å². The van der Waals surface area contributed by atoms with Crippen LogP contribution in [0.2, 0.25) is 0 Å². The van der Waals surface area contributed by atoms with Crippen LogP contribution in [-0.2, 0) is 0 Å². The van der Waals surface area contributed by atoms with Gasteiger partial charge in [0.2, 0.25) is 0 Å². The summed E-state index contributed by atoms with van der Waals surface area (Å²) in [6.07, 6.45) is 0. The molecule has 4 heteroatoms. The lowest BCUT2D eigenvalue weighted by Crippen LogP contribution is -2.36. The van der Waals surface area contributed by atoms with Crippen LogP contribution in [0.1, 0.15) is 32.4 Å². The van der Waals surface area contributed by atoms with Crippen molar-refractivity contribution in [1.82, 2.24) is 10.2 Å². The predicted octanol–water partition coefficient (Wildman–Crippen LogP) is 2.94. The van der Waals surface area contributed by atoms with Gasteiger partial charge >= 0.3 is 0 Å². The van der Waals surface area contributed by atoms with Crippen molar-refractivity contribution in [2.24, 2.45) is 5.41 Å². The summed E-state index contributed by atoms with van der Waals surface area (Å²) in [4.78, 5) is 2.36. The van der Waals surface area contributed by atoms with E-state index in [0.29, 0.717) is 5.41 Å². The Morgan fingerprint density at radius 2 is 1.76 bits per heavy atom. The van der Waals surface area contributed by atoms with Gasteiger partial charge in [-0.25, -0.2) is 0 Å². The summed E-state index contributed by atoms with van der Waals surface area (Å²) >= 11 is 0. The van der Waals surface area contributed by atoms with Gasteiger partial charge in [0.05, 0.1) is 14.2 Å². The van der Waals surface area contributed by atoms with Gasteiger partial charge in [0, 0.05) is 19.1 Å². The van der Waals surface area contributed by atoms with Crippen LogP contribution in [-0.4, -0.2) is 46.3 Å². The summed E-state index contributed by atoms with van der Waals surface area (Å²) in [7, 11) is 7.48. The standard InChI is InChI=1S/C17H30N2O2/c1-17(2,3)12-19(5)11-14(18-4)13-8-9-15(20-6)16(10-13)21-7/h8-10,14,18H,11-12H2,1-7H3. The van der Waals surface area contributed by atoms with E-state index in [9.17, 15) is 0 Å². The third kappa shape index (κ3) is 5.56. The second-order valence-electron chi connectivity index (χ2n) is 6.71. The van der Waals surface area contributed by atoms with Crippen molar-refractivity contribution in [2.45, 2.75) is 26.8 Å². The maximum atomic E-state index is 5.39. The molecule has 1 aromatic rings. The van der Waals surface area contributed by atoms with E-state index >= 15 is 0 Å². The number of likely N-dealkylation sites (N-methyl/N-ethyl adjacent to an activating group) is 2. The lowest BCUT2D eigenvalue weighted by molar-refractivity contribution is 0.210. The van der Waals surface area contributed by atoms with Crippen molar-refractivity contribution < 1.29 is 9.47 Å². The molecule has 1 rings (SSSR count). The normalized spacial score (nSPS) is 13.3. The fourth-order valence-electron chi connectivity index (χ4n) is 2.62. The van der Waals surface area contributed by atoms with Crippen molar-refractivity contribution in [1.29, 1.82) is 0 Å². The van der Waals surface area contributed by atoms with Gasteiger partial charge in [0.1, 0.15) is 0 Å². The SMILES string of the molecule is CNC(CN(C)CC(C)(C)C)c1ccc(OC)c(OC)c1. The highest BCUT2D eigenvalue weighted by Crippen LogP contribution is 2.30. The Hall–Kier alpha value is -1.26. The molecule has 0 amide bonds. The number of hydrogen-bond acceptors (Lipinski definition) is 4. The van der Waals surface area contributed by atoms with Crippen molar-refractivity contribution in [3.8, 4) is 11.5 Å². The summed E-state index contributed by atoms with van der Waals surface area (Å²) in [5, 5.41) is 3.39. The predicted molar refractivity (Wildman–Crippen MR) is 88.3 cm³/mol. The van der Waals surface area contributed by atoms with Crippen LogP contribution in [0.25, 0.3) is 0 Å². The van der Waals surface area contributed by atoms with Gasteiger partial charge in [-0.2, -0.15) is 0 Å². The molecule has 0 fully saturated rings. The molecular weight excluding hydrogens is 264 g/mol. The van der Waals surface area contributed by atoms with Crippen LogP contribution in [0.3, 0.4) is 0 Å². The smallest absolute Gasteiger partial charge is 0.161 e. The molecule has 0 saturated carbocycles. The lowest BCUT2D eigenvalue weighted by Gasteiger charge is -2.30. The van der Waals surface area contributed by atoms with Gasteiger partial charge in [0.15, 0.2) is 11.5 Å². The van der Waals surface area contributed by atoms with E-state index in [1.807, 2.05) is 19.2 Å². The Kier molecular flexibility index (Phi) is 6.49. The average molecular weight is 294 g/mol. The highest BCUT2D eigenvalue weighted by Gasteiger charge is 2.18. The highest BCUT2D eigenvalue weighted by molar-refractivity contribution is 5.43. The Bertz CT molecular complexity index is 441. The summed E-state index contributed by atoms with van der Waals surface area (Å²) in [5.74, 6) is 1.54. The third-order valence-corrected chi connectivity index (χ3v) is 3.40. The number of nitrogens with zero attached hydrogens (tertiary/aromatic N) is 1. The molecule has 21 heavy (non-hydrogen) atoms. The molecule has 0 bridgehead atoms.